The lowest BCUT2D eigenvalue weighted by Crippen LogP contribution is -2.51. The highest BCUT2D eigenvalue weighted by Crippen LogP contribution is 2.39. The molecule has 3 amide bonds. The summed E-state index contributed by atoms with van der Waals surface area (Å²) in [5.74, 6) is -0.984. The van der Waals surface area contributed by atoms with Gasteiger partial charge in [-0.25, -0.2) is 4.79 Å². The lowest BCUT2D eigenvalue weighted by atomic mass is 9.89. The van der Waals surface area contributed by atoms with Crippen LogP contribution in [0, 0.1) is 9.49 Å². The number of para-hydroxylation sites is 1. The molecule has 0 spiro atoms. The molecule has 9 nitrogen and oxygen atoms in total. The maximum absolute atomic E-state index is 12.3. The predicted molar refractivity (Wildman–Crippen MR) is 125 cm³/mol. The second-order valence-corrected chi connectivity index (χ2v) is 8.00. The van der Waals surface area contributed by atoms with Crippen LogP contribution in [-0.4, -0.2) is 38.7 Å². The Labute approximate surface area is 198 Å². The third-order valence-electron chi connectivity index (χ3n) is 4.74. The van der Waals surface area contributed by atoms with Crippen molar-refractivity contribution in [3.8, 4) is 11.5 Å². The van der Waals surface area contributed by atoms with Crippen molar-refractivity contribution in [2.75, 3.05) is 26.1 Å². The van der Waals surface area contributed by atoms with E-state index in [4.69, 9.17) is 14.2 Å². The Morgan fingerprint density at radius 2 is 1.91 bits per heavy atom. The molecule has 168 valence electrons. The lowest BCUT2D eigenvalue weighted by molar-refractivity contribution is -0.145. The number of amides is 3. The van der Waals surface area contributed by atoms with Crippen molar-refractivity contribution in [3.63, 3.8) is 0 Å². The highest BCUT2D eigenvalue weighted by Gasteiger charge is 2.39. The molecule has 0 aliphatic carbocycles. The molecule has 1 aliphatic heterocycles. The summed E-state index contributed by atoms with van der Waals surface area (Å²) in [7, 11) is 2.73. The van der Waals surface area contributed by atoms with Crippen molar-refractivity contribution in [2.24, 2.45) is 5.92 Å². The van der Waals surface area contributed by atoms with Gasteiger partial charge < -0.3 is 30.2 Å². The van der Waals surface area contributed by atoms with Crippen LogP contribution in [0.3, 0.4) is 0 Å². The smallest absolute Gasteiger partial charge is 0.319 e. The van der Waals surface area contributed by atoms with E-state index in [0.717, 1.165) is 0 Å². The standard InChI is InChI=1S/C22H22IN3O6/c1-12-18(21(28)31-3)19(26-22(29)24-12)13-9-15(23)20(16(10-13)30-2)32-11-17(27)25-14-7-5-4-6-8-14/h4-10,18-19H,1,11H2,2-3H3,(H,25,27)(H2,24,26,29)/t18-,19+/m1/s1. The largest absolute Gasteiger partial charge is 0.493 e. The van der Waals surface area contributed by atoms with Crippen LogP contribution in [0.15, 0.2) is 54.7 Å². The molecule has 0 saturated carbocycles. The van der Waals surface area contributed by atoms with E-state index in [9.17, 15) is 14.4 Å². The van der Waals surface area contributed by atoms with Gasteiger partial charge >= 0.3 is 12.0 Å². The monoisotopic (exact) mass is 551 g/mol. The van der Waals surface area contributed by atoms with Gasteiger partial charge in [0.1, 0.15) is 5.92 Å². The summed E-state index contributed by atoms with van der Waals surface area (Å²) < 4.78 is 16.7. The first-order valence-corrected chi connectivity index (χ1v) is 10.6. The summed E-state index contributed by atoms with van der Waals surface area (Å²) in [6.07, 6.45) is 0. The van der Waals surface area contributed by atoms with Gasteiger partial charge in [-0.2, -0.15) is 0 Å². The van der Waals surface area contributed by atoms with Crippen LogP contribution in [0.2, 0.25) is 0 Å². The molecule has 10 heteroatoms. The highest BCUT2D eigenvalue weighted by atomic mass is 127. The number of anilines is 1. The predicted octanol–water partition coefficient (Wildman–Crippen LogP) is 2.97. The first-order valence-electron chi connectivity index (χ1n) is 9.53. The SMILES string of the molecule is C=C1NC(=O)N[C@@H](c2cc(I)c(OCC(=O)Nc3ccccc3)c(OC)c2)[C@@H]1C(=O)OC. The van der Waals surface area contributed by atoms with E-state index in [1.165, 1.54) is 14.2 Å². The summed E-state index contributed by atoms with van der Waals surface area (Å²) in [5, 5.41) is 7.98. The highest BCUT2D eigenvalue weighted by molar-refractivity contribution is 14.1. The molecule has 0 bridgehead atoms. The molecule has 1 aliphatic rings. The molecular formula is C22H22IN3O6. The van der Waals surface area contributed by atoms with Crippen LogP contribution in [0.1, 0.15) is 11.6 Å². The van der Waals surface area contributed by atoms with E-state index >= 15 is 0 Å². The van der Waals surface area contributed by atoms with Gasteiger partial charge in [-0.05, 0) is 52.4 Å². The van der Waals surface area contributed by atoms with Gasteiger partial charge in [0, 0.05) is 11.4 Å². The molecule has 2 aromatic carbocycles. The topological polar surface area (TPSA) is 115 Å². The number of hydrogen-bond donors (Lipinski definition) is 3. The maximum Gasteiger partial charge on any atom is 0.319 e. The van der Waals surface area contributed by atoms with Crippen molar-refractivity contribution in [1.82, 2.24) is 10.6 Å². The minimum atomic E-state index is -0.832. The fourth-order valence-corrected chi connectivity index (χ4v) is 4.06. The molecular weight excluding hydrogens is 529 g/mol. The molecule has 2 atom stereocenters. The average molecular weight is 551 g/mol. The number of carbonyl (C=O) groups excluding carboxylic acids is 3. The Balaban J connectivity index is 1.82. The first kappa shape index (κ1) is 23.4. The average Bonchev–Trinajstić information content (AvgIpc) is 2.77. The van der Waals surface area contributed by atoms with Crippen LogP contribution in [0.5, 0.6) is 11.5 Å². The van der Waals surface area contributed by atoms with E-state index < -0.39 is 24.0 Å². The summed E-state index contributed by atoms with van der Waals surface area (Å²) in [6.45, 7) is 3.55. The fraction of sp³-hybridized carbons (Fsp3) is 0.227. The van der Waals surface area contributed by atoms with Gasteiger partial charge in [0.25, 0.3) is 5.91 Å². The molecule has 1 heterocycles. The number of benzene rings is 2. The fourth-order valence-electron chi connectivity index (χ4n) is 3.28. The normalized spacial score (nSPS) is 17.6. The summed E-state index contributed by atoms with van der Waals surface area (Å²) in [5.41, 5.74) is 1.49. The second kappa shape index (κ2) is 10.4. The van der Waals surface area contributed by atoms with Crippen molar-refractivity contribution in [3.05, 3.63) is 63.9 Å². The van der Waals surface area contributed by atoms with E-state index in [2.05, 4.69) is 22.5 Å². The minimum absolute atomic E-state index is 0.230. The molecule has 0 radical (unpaired) electrons. The van der Waals surface area contributed by atoms with Crippen LogP contribution in [0.25, 0.3) is 0 Å². The van der Waals surface area contributed by atoms with Gasteiger partial charge in [0.15, 0.2) is 18.1 Å². The number of methoxy groups -OCH3 is 2. The van der Waals surface area contributed by atoms with Crippen LogP contribution < -0.4 is 25.4 Å². The van der Waals surface area contributed by atoms with Crippen molar-refractivity contribution in [1.29, 1.82) is 0 Å². The number of esters is 1. The van der Waals surface area contributed by atoms with E-state index in [1.54, 1.807) is 24.3 Å². The molecule has 0 unspecified atom stereocenters. The number of halogens is 1. The number of carbonyl (C=O) groups is 3. The molecule has 0 aromatic heterocycles. The van der Waals surface area contributed by atoms with Gasteiger partial charge in [-0.15, -0.1) is 0 Å². The number of nitrogens with one attached hydrogen (secondary N) is 3. The third kappa shape index (κ3) is 5.31. The molecule has 32 heavy (non-hydrogen) atoms. The Morgan fingerprint density at radius 3 is 2.56 bits per heavy atom. The molecule has 1 saturated heterocycles. The molecule has 3 N–H and O–H groups in total. The van der Waals surface area contributed by atoms with Crippen molar-refractivity contribution >= 4 is 46.2 Å². The zero-order valence-corrected chi connectivity index (χ0v) is 19.6. The molecule has 3 rings (SSSR count). The third-order valence-corrected chi connectivity index (χ3v) is 5.54. The minimum Gasteiger partial charge on any atom is -0.493 e. The van der Waals surface area contributed by atoms with Crippen LogP contribution in [-0.2, 0) is 14.3 Å². The maximum atomic E-state index is 12.3. The zero-order chi connectivity index (χ0) is 23.3. The van der Waals surface area contributed by atoms with E-state index in [-0.39, 0.29) is 18.2 Å². The van der Waals surface area contributed by atoms with Gasteiger partial charge in [-0.1, -0.05) is 24.8 Å². The first-order chi connectivity index (χ1) is 15.3. The summed E-state index contributed by atoms with van der Waals surface area (Å²) in [6, 6.07) is 11.2. The Bertz CT molecular complexity index is 1040. The van der Waals surface area contributed by atoms with E-state index in [0.29, 0.717) is 26.3 Å². The number of rotatable bonds is 7. The van der Waals surface area contributed by atoms with Crippen molar-refractivity contribution in [2.45, 2.75) is 6.04 Å². The quantitative estimate of drug-likeness (QED) is 0.360. The zero-order valence-electron chi connectivity index (χ0n) is 17.4. The van der Waals surface area contributed by atoms with E-state index in [1.807, 2.05) is 40.8 Å². The van der Waals surface area contributed by atoms with Gasteiger partial charge in [-0.3, -0.25) is 9.59 Å². The number of ether oxygens (including phenoxy) is 3. The second-order valence-electron chi connectivity index (χ2n) is 6.84. The Hall–Kier alpha value is -3.28. The van der Waals surface area contributed by atoms with Gasteiger partial charge in [0.2, 0.25) is 0 Å². The van der Waals surface area contributed by atoms with Crippen LogP contribution >= 0.6 is 22.6 Å². The molecule has 1 fully saturated rings. The summed E-state index contributed by atoms with van der Waals surface area (Å²) >= 11 is 2.04. The Kier molecular flexibility index (Phi) is 7.57. The number of hydrogen-bond acceptors (Lipinski definition) is 6. The van der Waals surface area contributed by atoms with Gasteiger partial charge in [0.05, 0.1) is 23.8 Å². The summed E-state index contributed by atoms with van der Waals surface area (Å²) in [4.78, 5) is 36.6. The van der Waals surface area contributed by atoms with Crippen molar-refractivity contribution < 1.29 is 28.6 Å². The number of urea groups is 1. The lowest BCUT2D eigenvalue weighted by Gasteiger charge is -2.33. The Morgan fingerprint density at radius 1 is 1.19 bits per heavy atom. The molecule has 2 aromatic rings. The van der Waals surface area contributed by atoms with Crippen LogP contribution in [0.4, 0.5) is 10.5 Å².